The third-order valence-corrected chi connectivity index (χ3v) is 3.52. The van der Waals surface area contributed by atoms with Gasteiger partial charge in [0, 0.05) is 12.2 Å². The summed E-state index contributed by atoms with van der Waals surface area (Å²) in [6, 6.07) is 6.61. The molecule has 112 valence electrons. The zero-order valence-corrected chi connectivity index (χ0v) is 11.6. The maximum Gasteiger partial charge on any atom is 0.404 e. The van der Waals surface area contributed by atoms with Gasteiger partial charge in [-0.25, -0.2) is 17.9 Å². The Hall–Kier alpha value is -2.00. The number of benzene rings is 1. The molecule has 0 fully saturated rings. The maximum atomic E-state index is 11.5. The first-order chi connectivity index (χ1) is 9.39. The van der Waals surface area contributed by atoms with Gasteiger partial charge in [0.25, 0.3) is 0 Å². The second-order valence-electron chi connectivity index (χ2n) is 3.80. The van der Waals surface area contributed by atoms with E-state index in [0.29, 0.717) is 11.4 Å². The van der Waals surface area contributed by atoms with Gasteiger partial charge in [0.2, 0.25) is 10.0 Å². The second-order valence-corrected chi connectivity index (χ2v) is 5.72. The van der Waals surface area contributed by atoms with E-state index in [1.54, 1.807) is 24.3 Å². The van der Waals surface area contributed by atoms with Crippen molar-refractivity contribution in [3.05, 3.63) is 24.3 Å². The molecule has 0 aliphatic carbocycles. The Morgan fingerprint density at radius 2 is 1.85 bits per heavy atom. The molecule has 0 aliphatic heterocycles. The lowest BCUT2D eigenvalue weighted by Gasteiger charge is -2.08. The minimum Gasteiger partial charge on any atom is -0.492 e. The van der Waals surface area contributed by atoms with Gasteiger partial charge in [0.15, 0.2) is 0 Å². The van der Waals surface area contributed by atoms with Gasteiger partial charge in [0.1, 0.15) is 19.0 Å². The molecule has 0 bridgehead atoms. The first-order valence-electron chi connectivity index (χ1n) is 5.77. The summed E-state index contributed by atoms with van der Waals surface area (Å²) in [5.74, 6) is 0.319. The van der Waals surface area contributed by atoms with E-state index >= 15 is 0 Å². The quantitative estimate of drug-likeness (QED) is 0.444. The van der Waals surface area contributed by atoms with Gasteiger partial charge in [-0.15, -0.1) is 0 Å². The highest BCUT2D eigenvalue weighted by Gasteiger charge is 2.10. The summed E-state index contributed by atoms with van der Waals surface area (Å²) in [5.41, 5.74) is 10.8. The number of nitrogens with two attached hydrogens (primary N) is 2. The fourth-order valence-corrected chi connectivity index (χ4v) is 2.10. The molecule has 1 aromatic rings. The molecule has 9 heteroatoms. The molecule has 0 heterocycles. The molecule has 8 nitrogen and oxygen atoms in total. The molecule has 20 heavy (non-hydrogen) atoms. The number of hydrogen-bond donors (Lipinski definition) is 3. The van der Waals surface area contributed by atoms with Gasteiger partial charge in [-0.3, -0.25) is 0 Å². The van der Waals surface area contributed by atoms with E-state index in [9.17, 15) is 13.2 Å². The lowest BCUT2D eigenvalue weighted by atomic mass is 10.3. The van der Waals surface area contributed by atoms with E-state index in [2.05, 4.69) is 9.46 Å². The van der Waals surface area contributed by atoms with Crippen LogP contribution in [0.2, 0.25) is 0 Å². The van der Waals surface area contributed by atoms with Gasteiger partial charge in [-0.2, -0.15) is 0 Å². The fraction of sp³-hybridized carbons (Fsp3) is 0.364. The van der Waals surface area contributed by atoms with Gasteiger partial charge in [0.05, 0.1) is 5.75 Å². The summed E-state index contributed by atoms with van der Waals surface area (Å²) in [4.78, 5) is 10.3. The fourth-order valence-electron chi connectivity index (χ4n) is 1.25. The van der Waals surface area contributed by atoms with E-state index in [1.165, 1.54) is 0 Å². The number of hydrogen-bond acceptors (Lipinski definition) is 6. The molecular formula is C11H17N3O5S. The third kappa shape index (κ3) is 6.81. The van der Waals surface area contributed by atoms with E-state index in [0.717, 1.165) is 0 Å². The van der Waals surface area contributed by atoms with Crippen molar-refractivity contribution in [3.8, 4) is 5.75 Å². The largest absolute Gasteiger partial charge is 0.492 e. The lowest BCUT2D eigenvalue weighted by molar-refractivity contribution is 0.159. The number of amides is 1. The standard InChI is InChI=1S/C11H17N3O5S/c12-9-1-3-10(4-2-9)18-7-8-20(16,17)14-5-6-19-11(13)15/h1-4,14H,5-8,12H2,(H2,13,15). The molecular weight excluding hydrogens is 286 g/mol. The van der Waals surface area contributed by atoms with Crippen LogP contribution in [0.3, 0.4) is 0 Å². The number of nitrogens with one attached hydrogen (secondary N) is 1. The highest BCUT2D eigenvalue weighted by atomic mass is 32.2. The average molecular weight is 303 g/mol. The number of sulfonamides is 1. The molecule has 5 N–H and O–H groups in total. The van der Waals surface area contributed by atoms with Crippen LogP contribution in [0.5, 0.6) is 5.75 Å². The Bertz CT molecular complexity index is 529. The highest BCUT2D eigenvalue weighted by Crippen LogP contribution is 2.12. The van der Waals surface area contributed by atoms with Crippen molar-refractivity contribution in [1.29, 1.82) is 0 Å². The summed E-state index contributed by atoms with van der Waals surface area (Å²) >= 11 is 0. The smallest absolute Gasteiger partial charge is 0.404 e. The summed E-state index contributed by atoms with van der Waals surface area (Å²) in [7, 11) is -3.49. The van der Waals surface area contributed by atoms with E-state index in [1.807, 2.05) is 0 Å². The second kappa shape index (κ2) is 7.56. The third-order valence-electron chi connectivity index (χ3n) is 2.17. The van der Waals surface area contributed by atoms with Crippen LogP contribution >= 0.6 is 0 Å². The molecule has 0 radical (unpaired) electrons. The SMILES string of the molecule is NC(=O)OCCNS(=O)(=O)CCOc1ccc(N)cc1. The molecule has 0 aromatic heterocycles. The first-order valence-corrected chi connectivity index (χ1v) is 7.42. The summed E-state index contributed by atoms with van der Waals surface area (Å²) in [5, 5.41) is 0. The average Bonchev–Trinajstić information content (AvgIpc) is 2.37. The number of rotatable bonds is 8. The summed E-state index contributed by atoms with van der Waals surface area (Å²) < 4.78 is 35.0. The normalized spacial score (nSPS) is 11.0. The molecule has 1 rings (SSSR count). The number of primary amides is 1. The minimum absolute atomic E-state index is 0.00404. The van der Waals surface area contributed by atoms with Crippen LogP contribution in [0.1, 0.15) is 0 Å². The van der Waals surface area contributed by atoms with Crippen LogP contribution in [0, 0.1) is 0 Å². The van der Waals surface area contributed by atoms with Gasteiger partial charge < -0.3 is 20.9 Å². The maximum absolute atomic E-state index is 11.5. The van der Waals surface area contributed by atoms with E-state index in [-0.39, 0.29) is 25.5 Å². The molecule has 1 aromatic carbocycles. The number of carbonyl (C=O) groups is 1. The molecule has 0 saturated heterocycles. The minimum atomic E-state index is -3.49. The van der Waals surface area contributed by atoms with Crippen LogP contribution in [-0.4, -0.2) is 40.0 Å². The predicted octanol–water partition coefficient (Wildman–Crippen LogP) is -0.338. The first kappa shape index (κ1) is 16.1. The van der Waals surface area contributed by atoms with E-state index in [4.69, 9.17) is 16.2 Å². The Balaban J connectivity index is 2.25. The zero-order valence-electron chi connectivity index (χ0n) is 10.7. The lowest BCUT2D eigenvalue weighted by Crippen LogP contribution is -2.32. The summed E-state index contributed by atoms with van der Waals surface area (Å²) in [6.07, 6.45) is -0.948. The van der Waals surface area contributed by atoms with Crippen LogP contribution in [0.4, 0.5) is 10.5 Å². The van der Waals surface area contributed by atoms with E-state index < -0.39 is 16.1 Å². The van der Waals surface area contributed by atoms with Crippen LogP contribution in [0.15, 0.2) is 24.3 Å². The monoisotopic (exact) mass is 303 g/mol. The number of anilines is 1. The summed E-state index contributed by atoms with van der Waals surface area (Å²) in [6.45, 7) is -0.156. The molecule has 0 unspecified atom stereocenters. The van der Waals surface area contributed by atoms with Crippen molar-refractivity contribution in [2.45, 2.75) is 0 Å². The van der Waals surface area contributed by atoms with Crippen molar-refractivity contribution >= 4 is 21.8 Å². The van der Waals surface area contributed by atoms with Crippen LogP contribution < -0.4 is 20.9 Å². The van der Waals surface area contributed by atoms with Gasteiger partial charge in [-0.05, 0) is 24.3 Å². The van der Waals surface area contributed by atoms with Gasteiger partial charge in [-0.1, -0.05) is 0 Å². The Morgan fingerprint density at radius 3 is 2.45 bits per heavy atom. The van der Waals surface area contributed by atoms with Gasteiger partial charge >= 0.3 is 6.09 Å². The topological polar surface area (TPSA) is 134 Å². The Morgan fingerprint density at radius 1 is 1.20 bits per heavy atom. The Kier molecular flexibility index (Phi) is 6.07. The van der Waals surface area contributed by atoms with Crippen LogP contribution in [0.25, 0.3) is 0 Å². The van der Waals surface area contributed by atoms with Crippen molar-refractivity contribution in [1.82, 2.24) is 4.72 Å². The van der Waals surface area contributed by atoms with Crippen molar-refractivity contribution in [3.63, 3.8) is 0 Å². The predicted molar refractivity (Wildman–Crippen MR) is 73.7 cm³/mol. The molecule has 0 spiro atoms. The molecule has 0 saturated carbocycles. The molecule has 0 aliphatic rings. The number of nitrogen functional groups attached to an aromatic ring is 1. The van der Waals surface area contributed by atoms with Crippen molar-refractivity contribution in [2.24, 2.45) is 5.73 Å². The molecule has 1 amide bonds. The Labute approximate surface area is 117 Å². The highest BCUT2D eigenvalue weighted by molar-refractivity contribution is 7.89. The number of carbonyl (C=O) groups excluding carboxylic acids is 1. The van der Waals surface area contributed by atoms with Crippen molar-refractivity contribution in [2.75, 3.05) is 31.2 Å². The molecule has 0 atom stereocenters. The van der Waals surface area contributed by atoms with Crippen LogP contribution in [-0.2, 0) is 14.8 Å². The number of ether oxygens (including phenoxy) is 2. The van der Waals surface area contributed by atoms with Crippen molar-refractivity contribution < 1.29 is 22.7 Å². The zero-order chi connectivity index (χ0) is 15.0.